The van der Waals surface area contributed by atoms with Crippen LogP contribution in [-0.2, 0) is 20.1 Å². The molecule has 3 aromatic rings. The molecule has 210 valence electrons. The second kappa shape index (κ2) is 13.3. The van der Waals surface area contributed by atoms with Gasteiger partial charge in [0.2, 0.25) is 0 Å². The summed E-state index contributed by atoms with van der Waals surface area (Å²) in [6.07, 6.45) is 1.99. The Morgan fingerprint density at radius 3 is 2.00 bits per heavy atom. The Kier molecular flexibility index (Phi) is 10.7. The van der Waals surface area contributed by atoms with Gasteiger partial charge in [0.25, 0.3) is 8.32 Å². The number of halogens is 1. The monoisotopic (exact) mass is 586 g/mol. The van der Waals surface area contributed by atoms with Crippen molar-refractivity contribution in [3.63, 3.8) is 0 Å². The SMILES string of the molecule is COCOc1c(C(CCO[Si](c2ccccc2)(c2ccccc2)C(C)(C)C)=N[S@@](=O)C(C)(C)C)ccnc1Cl. The van der Waals surface area contributed by atoms with E-state index in [-0.39, 0.29) is 17.0 Å². The van der Waals surface area contributed by atoms with Crippen molar-refractivity contribution in [1.29, 1.82) is 0 Å². The number of hydrogen-bond acceptors (Lipinski definition) is 5. The van der Waals surface area contributed by atoms with Gasteiger partial charge in [0.1, 0.15) is 11.0 Å². The van der Waals surface area contributed by atoms with E-state index in [0.717, 1.165) is 0 Å². The van der Waals surface area contributed by atoms with Gasteiger partial charge in [0.15, 0.2) is 17.7 Å². The first-order valence-electron chi connectivity index (χ1n) is 12.9. The van der Waals surface area contributed by atoms with Crippen LogP contribution in [0.5, 0.6) is 5.75 Å². The molecular formula is C30H39ClN2O4SSi. The quantitative estimate of drug-likeness (QED) is 0.120. The summed E-state index contributed by atoms with van der Waals surface area (Å²) in [4.78, 5) is 4.16. The highest BCUT2D eigenvalue weighted by molar-refractivity contribution is 7.85. The average Bonchev–Trinajstić information content (AvgIpc) is 2.89. The summed E-state index contributed by atoms with van der Waals surface area (Å²) < 4.78 is 35.3. The third kappa shape index (κ3) is 7.44. The molecule has 0 aliphatic carbocycles. The second-order valence-electron chi connectivity index (χ2n) is 11.2. The van der Waals surface area contributed by atoms with Gasteiger partial charge in [0.05, 0.1) is 10.5 Å². The van der Waals surface area contributed by atoms with Crippen molar-refractivity contribution < 1.29 is 18.1 Å². The summed E-state index contributed by atoms with van der Waals surface area (Å²) in [5.41, 5.74) is 1.20. The van der Waals surface area contributed by atoms with Gasteiger partial charge in [-0.25, -0.2) is 9.19 Å². The number of hydrogen-bond donors (Lipinski definition) is 0. The van der Waals surface area contributed by atoms with E-state index in [1.807, 2.05) is 32.9 Å². The lowest BCUT2D eigenvalue weighted by Gasteiger charge is -2.43. The summed E-state index contributed by atoms with van der Waals surface area (Å²) in [7, 11) is -2.74. The first-order valence-corrected chi connectivity index (χ1v) is 16.3. The zero-order chi connectivity index (χ0) is 28.7. The molecule has 0 saturated heterocycles. The Balaban J connectivity index is 2.08. The minimum absolute atomic E-state index is 0.00732. The summed E-state index contributed by atoms with van der Waals surface area (Å²) in [6, 6.07) is 22.7. The summed E-state index contributed by atoms with van der Waals surface area (Å²) in [5.74, 6) is 0.344. The Bertz CT molecular complexity index is 1240. The highest BCUT2D eigenvalue weighted by atomic mass is 35.5. The van der Waals surface area contributed by atoms with E-state index in [1.54, 1.807) is 12.3 Å². The minimum Gasteiger partial charge on any atom is -0.464 e. The molecule has 3 rings (SSSR count). The van der Waals surface area contributed by atoms with Crippen molar-refractivity contribution in [3.8, 4) is 5.75 Å². The van der Waals surface area contributed by atoms with Crippen LogP contribution in [-0.4, -0.2) is 48.5 Å². The largest absolute Gasteiger partial charge is 0.464 e. The molecule has 1 atom stereocenters. The number of nitrogens with zero attached hydrogens (tertiary/aromatic N) is 2. The van der Waals surface area contributed by atoms with Crippen LogP contribution in [0.1, 0.15) is 53.5 Å². The molecule has 0 unspecified atom stereocenters. The van der Waals surface area contributed by atoms with Crippen molar-refractivity contribution >= 4 is 47.0 Å². The van der Waals surface area contributed by atoms with Crippen molar-refractivity contribution in [1.82, 2.24) is 4.98 Å². The van der Waals surface area contributed by atoms with Crippen molar-refractivity contribution in [2.45, 2.75) is 57.7 Å². The zero-order valence-corrected chi connectivity index (χ0v) is 26.4. The molecule has 6 nitrogen and oxygen atoms in total. The first kappa shape index (κ1) is 31.2. The van der Waals surface area contributed by atoms with Gasteiger partial charge in [-0.3, -0.25) is 0 Å². The molecular weight excluding hydrogens is 548 g/mol. The second-order valence-corrected chi connectivity index (χ2v) is 17.8. The molecule has 0 amide bonds. The van der Waals surface area contributed by atoms with E-state index in [1.165, 1.54) is 17.5 Å². The van der Waals surface area contributed by atoms with Crippen LogP contribution in [0.3, 0.4) is 0 Å². The maximum absolute atomic E-state index is 13.2. The highest BCUT2D eigenvalue weighted by Gasteiger charge is 2.50. The summed E-state index contributed by atoms with van der Waals surface area (Å²) in [5, 5.41) is 2.40. The van der Waals surface area contributed by atoms with Gasteiger partial charge in [-0.1, -0.05) is 93.0 Å². The van der Waals surface area contributed by atoms with E-state index < -0.39 is 24.1 Å². The molecule has 0 N–H and O–H groups in total. The maximum atomic E-state index is 13.2. The van der Waals surface area contributed by atoms with Crippen LogP contribution in [0.25, 0.3) is 0 Å². The maximum Gasteiger partial charge on any atom is 0.261 e. The van der Waals surface area contributed by atoms with E-state index in [4.69, 9.17) is 25.5 Å². The molecule has 0 bridgehead atoms. The van der Waals surface area contributed by atoms with E-state index in [0.29, 0.717) is 30.1 Å². The summed E-state index contributed by atoms with van der Waals surface area (Å²) >= 11 is 6.42. The van der Waals surface area contributed by atoms with Gasteiger partial charge >= 0.3 is 0 Å². The molecule has 0 aliphatic heterocycles. The molecule has 0 saturated carbocycles. The molecule has 9 heteroatoms. The fraction of sp³-hybridized carbons (Fsp3) is 0.400. The number of methoxy groups -OCH3 is 1. The lowest BCUT2D eigenvalue weighted by Crippen LogP contribution is -2.66. The van der Waals surface area contributed by atoms with Crippen LogP contribution in [0.2, 0.25) is 10.2 Å². The predicted molar refractivity (Wildman–Crippen MR) is 164 cm³/mol. The zero-order valence-electron chi connectivity index (χ0n) is 23.9. The molecule has 0 aliphatic rings. The lowest BCUT2D eigenvalue weighted by atomic mass is 10.1. The van der Waals surface area contributed by atoms with Gasteiger partial charge in [-0.2, -0.15) is 4.40 Å². The van der Waals surface area contributed by atoms with Gasteiger partial charge in [-0.15, -0.1) is 0 Å². The van der Waals surface area contributed by atoms with Gasteiger partial charge in [0, 0.05) is 31.9 Å². The third-order valence-electron chi connectivity index (χ3n) is 6.28. The number of rotatable bonds is 11. The molecule has 2 aromatic carbocycles. The van der Waals surface area contributed by atoms with Crippen molar-refractivity contribution in [2.75, 3.05) is 20.5 Å². The topological polar surface area (TPSA) is 70.0 Å². The number of benzene rings is 2. The van der Waals surface area contributed by atoms with Gasteiger partial charge in [-0.05, 0) is 42.2 Å². The average molecular weight is 587 g/mol. The lowest BCUT2D eigenvalue weighted by molar-refractivity contribution is 0.0508. The normalized spacial score (nSPS) is 13.8. The van der Waals surface area contributed by atoms with E-state index in [9.17, 15) is 4.21 Å². The van der Waals surface area contributed by atoms with Crippen LogP contribution in [0.15, 0.2) is 77.3 Å². The molecule has 0 radical (unpaired) electrons. The Morgan fingerprint density at radius 1 is 0.949 bits per heavy atom. The van der Waals surface area contributed by atoms with E-state index >= 15 is 0 Å². The number of pyridine rings is 1. The van der Waals surface area contributed by atoms with Crippen LogP contribution >= 0.6 is 11.6 Å². The van der Waals surface area contributed by atoms with Crippen LogP contribution < -0.4 is 15.1 Å². The standard InChI is InChI=1S/C30H39ClN2O4SSi/c1-29(2,3)38(34)33-26(25-18-20-32-28(31)27(25)36-22-35-7)19-21-37-39(30(4,5)6,23-14-10-8-11-15-23)24-16-12-9-13-17-24/h8-18,20H,19,21-22H2,1-7H3/t38-/m0/s1. The minimum atomic E-state index is -2.76. The first-order chi connectivity index (χ1) is 18.4. The predicted octanol–water partition coefficient (Wildman–Crippen LogP) is 5.94. The molecule has 1 heterocycles. The highest BCUT2D eigenvalue weighted by Crippen LogP contribution is 2.37. The van der Waals surface area contributed by atoms with E-state index in [2.05, 4.69) is 78.7 Å². The Morgan fingerprint density at radius 2 is 1.51 bits per heavy atom. The summed E-state index contributed by atoms with van der Waals surface area (Å²) in [6.45, 7) is 12.7. The number of ether oxygens (including phenoxy) is 2. The van der Waals surface area contributed by atoms with Gasteiger partial charge < -0.3 is 13.9 Å². The van der Waals surface area contributed by atoms with Crippen molar-refractivity contribution in [2.24, 2.45) is 4.40 Å². The molecule has 0 fully saturated rings. The Hall–Kier alpha value is -2.36. The third-order valence-corrected chi connectivity index (χ3v) is 13.0. The fourth-order valence-corrected chi connectivity index (χ4v) is 9.87. The molecule has 0 spiro atoms. The molecule has 39 heavy (non-hydrogen) atoms. The smallest absolute Gasteiger partial charge is 0.261 e. The van der Waals surface area contributed by atoms with Crippen molar-refractivity contribution in [3.05, 3.63) is 83.6 Å². The van der Waals surface area contributed by atoms with Crippen LogP contribution in [0, 0.1) is 0 Å². The fourth-order valence-electron chi connectivity index (χ4n) is 4.43. The molecule has 1 aromatic heterocycles. The van der Waals surface area contributed by atoms with Crippen LogP contribution in [0.4, 0.5) is 0 Å². The number of aromatic nitrogens is 1. The Labute approximate surface area is 241 Å².